The van der Waals surface area contributed by atoms with Gasteiger partial charge in [-0.1, -0.05) is 18.2 Å². The van der Waals surface area contributed by atoms with Gasteiger partial charge in [-0.15, -0.1) is 0 Å². The number of hydrogen-bond donors (Lipinski definition) is 0. The molecular formula is C12H19O3P. The lowest BCUT2D eigenvalue weighted by molar-refractivity contribution is 0.143. The molecule has 0 spiro atoms. The van der Waals surface area contributed by atoms with Crippen molar-refractivity contribution in [3.63, 3.8) is 0 Å². The Labute approximate surface area is 98.7 Å². The summed E-state index contributed by atoms with van der Waals surface area (Å²) >= 11 is 0. The molecule has 3 nitrogen and oxygen atoms in total. The third-order valence-electron chi connectivity index (χ3n) is 1.52. The highest BCUT2D eigenvalue weighted by Crippen LogP contribution is 2.42. The minimum Gasteiger partial charge on any atom is -0.427 e. The third kappa shape index (κ3) is 5.45. The van der Waals surface area contributed by atoms with Crippen LogP contribution in [0.15, 0.2) is 30.3 Å². The Balaban J connectivity index is 2.56. The van der Waals surface area contributed by atoms with Crippen LogP contribution in [0.3, 0.4) is 0 Å². The fraction of sp³-hybridized carbons (Fsp3) is 0.500. The first-order chi connectivity index (χ1) is 7.58. The molecule has 1 aromatic carbocycles. The fourth-order valence-corrected chi connectivity index (χ4v) is 2.10. The van der Waals surface area contributed by atoms with E-state index >= 15 is 0 Å². The van der Waals surface area contributed by atoms with Crippen molar-refractivity contribution >= 4 is 8.60 Å². The van der Waals surface area contributed by atoms with E-state index in [1.165, 1.54) is 0 Å². The van der Waals surface area contributed by atoms with E-state index in [9.17, 15) is 0 Å². The summed E-state index contributed by atoms with van der Waals surface area (Å²) < 4.78 is 16.8. The Morgan fingerprint density at radius 2 is 1.38 bits per heavy atom. The van der Waals surface area contributed by atoms with Crippen molar-refractivity contribution in [3.05, 3.63) is 30.3 Å². The number of rotatable bonds is 6. The van der Waals surface area contributed by atoms with Crippen LogP contribution in [0.25, 0.3) is 0 Å². The zero-order valence-electron chi connectivity index (χ0n) is 10.2. The van der Waals surface area contributed by atoms with E-state index in [4.69, 9.17) is 13.6 Å². The topological polar surface area (TPSA) is 27.7 Å². The summed E-state index contributed by atoms with van der Waals surface area (Å²) in [6.45, 7) is 7.86. The smallest absolute Gasteiger partial charge is 0.397 e. The molecule has 0 saturated carbocycles. The minimum atomic E-state index is -1.32. The molecule has 0 bridgehead atoms. The first-order valence-electron chi connectivity index (χ1n) is 5.44. The lowest BCUT2D eigenvalue weighted by Gasteiger charge is -2.20. The molecule has 0 saturated heterocycles. The number of benzene rings is 1. The maximum atomic E-state index is 5.66. The van der Waals surface area contributed by atoms with E-state index < -0.39 is 8.60 Å². The molecule has 0 unspecified atom stereocenters. The van der Waals surface area contributed by atoms with E-state index in [1.807, 2.05) is 58.0 Å². The molecule has 0 aromatic heterocycles. The van der Waals surface area contributed by atoms with Gasteiger partial charge < -0.3 is 4.52 Å². The number of hydrogen-bond acceptors (Lipinski definition) is 3. The summed E-state index contributed by atoms with van der Waals surface area (Å²) in [6.07, 6.45) is 0.183. The molecule has 0 N–H and O–H groups in total. The molecular weight excluding hydrogens is 223 g/mol. The highest BCUT2D eigenvalue weighted by molar-refractivity contribution is 7.42. The van der Waals surface area contributed by atoms with Gasteiger partial charge >= 0.3 is 8.60 Å². The van der Waals surface area contributed by atoms with Crippen LogP contribution in [0.5, 0.6) is 5.75 Å². The lowest BCUT2D eigenvalue weighted by Crippen LogP contribution is -2.07. The summed E-state index contributed by atoms with van der Waals surface area (Å²) in [4.78, 5) is 0. The van der Waals surface area contributed by atoms with Gasteiger partial charge in [0.1, 0.15) is 5.75 Å². The Morgan fingerprint density at radius 3 is 1.81 bits per heavy atom. The lowest BCUT2D eigenvalue weighted by atomic mass is 10.3. The van der Waals surface area contributed by atoms with Gasteiger partial charge in [0, 0.05) is 0 Å². The highest BCUT2D eigenvalue weighted by Gasteiger charge is 2.18. The van der Waals surface area contributed by atoms with Gasteiger partial charge in [0.05, 0.1) is 12.2 Å². The van der Waals surface area contributed by atoms with Crippen molar-refractivity contribution in [1.29, 1.82) is 0 Å². The van der Waals surface area contributed by atoms with Crippen LogP contribution >= 0.6 is 8.60 Å². The zero-order chi connectivity index (χ0) is 12.0. The maximum absolute atomic E-state index is 5.66. The Kier molecular flexibility index (Phi) is 5.75. The second-order valence-corrected chi connectivity index (χ2v) is 4.99. The van der Waals surface area contributed by atoms with Crippen LogP contribution in [-0.2, 0) is 9.05 Å². The Morgan fingerprint density at radius 1 is 0.875 bits per heavy atom. The summed E-state index contributed by atoms with van der Waals surface area (Å²) in [5.74, 6) is 0.773. The minimum absolute atomic E-state index is 0.0913. The summed E-state index contributed by atoms with van der Waals surface area (Å²) in [6, 6.07) is 9.58. The van der Waals surface area contributed by atoms with Crippen LogP contribution in [0, 0.1) is 0 Å². The van der Waals surface area contributed by atoms with E-state index in [-0.39, 0.29) is 12.2 Å². The van der Waals surface area contributed by atoms with E-state index in [0.717, 1.165) is 5.75 Å². The zero-order valence-corrected chi connectivity index (χ0v) is 11.1. The molecule has 0 heterocycles. The first kappa shape index (κ1) is 13.4. The SMILES string of the molecule is CC(C)OP(Oc1ccccc1)OC(C)C. The van der Waals surface area contributed by atoms with Crippen molar-refractivity contribution in [2.45, 2.75) is 39.9 Å². The monoisotopic (exact) mass is 242 g/mol. The standard InChI is InChI=1S/C12H19O3P/c1-10(2)13-16(14-11(3)4)15-12-8-6-5-7-9-12/h5-11H,1-4H3. The fourth-order valence-electron chi connectivity index (χ4n) is 0.980. The normalized spacial score (nSPS) is 11.4. The van der Waals surface area contributed by atoms with E-state index in [0.29, 0.717) is 0 Å². The Bertz CT molecular complexity index is 278. The van der Waals surface area contributed by atoms with E-state index in [1.54, 1.807) is 0 Å². The van der Waals surface area contributed by atoms with Gasteiger partial charge in [0.15, 0.2) is 0 Å². The average Bonchev–Trinajstić information content (AvgIpc) is 2.16. The number of para-hydroxylation sites is 1. The van der Waals surface area contributed by atoms with Crippen LogP contribution in [0.4, 0.5) is 0 Å². The average molecular weight is 242 g/mol. The second-order valence-electron chi connectivity index (χ2n) is 3.94. The summed E-state index contributed by atoms with van der Waals surface area (Å²) in [5.41, 5.74) is 0. The molecule has 0 radical (unpaired) electrons. The van der Waals surface area contributed by atoms with Crippen LogP contribution in [0.2, 0.25) is 0 Å². The van der Waals surface area contributed by atoms with Gasteiger partial charge in [-0.3, -0.25) is 9.05 Å². The van der Waals surface area contributed by atoms with Crippen LogP contribution < -0.4 is 4.52 Å². The summed E-state index contributed by atoms with van der Waals surface area (Å²) in [5, 5.41) is 0. The van der Waals surface area contributed by atoms with Crippen molar-refractivity contribution in [2.24, 2.45) is 0 Å². The predicted octanol–water partition coefficient (Wildman–Crippen LogP) is 4.14. The molecule has 4 heteroatoms. The van der Waals surface area contributed by atoms with Crippen molar-refractivity contribution in [2.75, 3.05) is 0 Å². The molecule has 16 heavy (non-hydrogen) atoms. The van der Waals surface area contributed by atoms with Crippen LogP contribution in [-0.4, -0.2) is 12.2 Å². The second kappa shape index (κ2) is 6.85. The van der Waals surface area contributed by atoms with Gasteiger partial charge in [-0.2, -0.15) is 0 Å². The Hall–Kier alpha value is -0.630. The summed E-state index contributed by atoms with van der Waals surface area (Å²) in [7, 11) is -1.32. The molecule has 0 amide bonds. The molecule has 1 aromatic rings. The van der Waals surface area contributed by atoms with Crippen molar-refractivity contribution < 1.29 is 13.6 Å². The van der Waals surface area contributed by atoms with Crippen molar-refractivity contribution in [3.8, 4) is 5.75 Å². The van der Waals surface area contributed by atoms with Gasteiger partial charge in [0.25, 0.3) is 0 Å². The molecule has 1 rings (SSSR count). The molecule has 0 aliphatic carbocycles. The van der Waals surface area contributed by atoms with Gasteiger partial charge in [0.2, 0.25) is 0 Å². The molecule has 0 fully saturated rings. The largest absolute Gasteiger partial charge is 0.427 e. The predicted molar refractivity (Wildman–Crippen MR) is 66.4 cm³/mol. The molecule has 0 aliphatic rings. The first-order valence-corrected chi connectivity index (χ1v) is 6.54. The van der Waals surface area contributed by atoms with E-state index in [2.05, 4.69) is 0 Å². The molecule has 0 aliphatic heterocycles. The van der Waals surface area contributed by atoms with Gasteiger partial charge in [-0.05, 0) is 39.8 Å². The third-order valence-corrected chi connectivity index (χ3v) is 3.06. The maximum Gasteiger partial charge on any atom is 0.397 e. The van der Waals surface area contributed by atoms with Crippen LogP contribution in [0.1, 0.15) is 27.7 Å². The highest BCUT2D eigenvalue weighted by atomic mass is 31.2. The molecule has 90 valence electrons. The van der Waals surface area contributed by atoms with Crippen molar-refractivity contribution in [1.82, 2.24) is 0 Å². The molecule has 0 atom stereocenters. The quantitative estimate of drug-likeness (QED) is 0.701. The van der Waals surface area contributed by atoms with Gasteiger partial charge in [-0.25, -0.2) is 0 Å².